The van der Waals surface area contributed by atoms with Crippen LogP contribution in [-0.4, -0.2) is 21.9 Å². The van der Waals surface area contributed by atoms with Gasteiger partial charge >= 0.3 is 0 Å². The van der Waals surface area contributed by atoms with Gasteiger partial charge in [0.25, 0.3) is 0 Å². The molecule has 146 valence electrons. The highest BCUT2D eigenvalue weighted by Gasteiger charge is 2.08. The molecule has 0 radical (unpaired) electrons. The second-order valence-electron chi connectivity index (χ2n) is 7.69. The Morgan fingerprint density at radius 2 is 1.69 bits per heavy atom. The number of H-pyrrole nitrogens is 2. The molecule has 4 nitrogen and oxygen atoms in total. The quantitative estimate of drug-likeness (QED) is 0.798. The number of nitrogens with one attached hydrogen (secondary N) is 2. The zero-order valence-corrected chi connectivity index (χ0v) is 17.6. The molecule has 0 amide bonds. The summed E-state index contributed by atoms with van der Waals surface area (Å²) < 4.78 is 0. The summed E-state index contributed by atoms with van der Waals surface area (Å²) in [5.74, 6) is 0. The van der Waals surface area contributed by atoms with Gasteiger partial charge in [-0.3, -0.25) is 4.99 Å². The summed E-state index contributed by atoms with van der Waals surface area (Å²) in [7, 11) is 0. The van der Waals surface area contributed by atoms with E-state index in [0.717, 1.165) is 39.2 Å². The lowest BCUT2D eigenvalue weighted by Crippen LogP contribution is -2.12. The van der Waals surface area contributed by atoms with Crippen LogP contribution in [0.2, 0.25) is 0 Å². The Morgan fingerprint density at radius 1 is 0.862 bits per heavy atom. The van der Waals surface area contributed by atoms with Gasteiger partial charge in [0.15, 0.2) is 0 Å². The molecule has 0 spiro atoms. The van der Waals surface area contributed by atoms with E-state index < -0.39 is 0 Å². The molecule has 0 aromatic carbocycles. The first-order valence-electron chi connectivity index (χ1n) is 9.88. The van der Waals surface area contributed by atoms with Gasteiger partial charge < -0.3 is 9.97 Å². The molecule has 2 N–H and O–H groups in total. The van der Waals surface area contributed by atoms with Crippen LogP contribution in [0.5, 0.6) is 0 Å². The van der Waals surface area contributed by atoms with Crippen LogP contribution in [0, 0.1) is 13.8 Å². The van der Waals surface area contributed by atoms with Gasteiger partial charge in [-0.05, 0) is 99.4 Å². The molecular weight excluding hydrogens is 356 g/mol. The van der Waals surface area contributed by atoms with Gasteiger partial charge in [0, 0.05) is 28.3 Å². The normalized spacial score (nSPS) is 20.2. The number of aliphatic imine (C=N–C) groups is 2. The Balaban J connectivity index is 1.67. The SMILES string of the molecule is CC=C1C=C(C)C(C=c2cc(C)c(=Cc3cc(C)c(C=C4C=C(C)C=N4)[nH]3)[nH]2)=N1. The fourth-order valence-electron chi connectivity index (χ4n) is 3.52. The molecule has 0 unspecified atom stereocenters. The number of hydrogen-bond acceptors (Lipinski definition) is 2. The second kappa shape index (κ2) is 7.55. The molecular formula is C25H26N4. The van der Waals surface area contributed by atoms with Gasteiger partial charge in [0.1, 0.15) is 0 Å². The van der Waals surface area contributed by atoms with Crippen LogP contribution in [0.15, 0.2) is 62.9 Å². The number of aryl methyl sites for hydroxylation is 2. The second-order valence-corrected chi connectivity index (χ2v) is 7.69. The Bertz CT molecular complexity index is 1280. The van der Waals surface area contributed by atoms with Crippen molar-refractivity contribution >= 4 is 30.2 Å². The summed E-state index contributed by atoms with van der Waals surface area (Å²) in [4.78, 5) is 16.1. The van der Waals surface area contributed by atoms with Crippen LogP contribution in [0.4, 0.5) is 0 Å². The van der Waals surface area contributed by atoms with E-state index in [4.69, 9.17) is 0 Å². The van der Waals surface area contributed by atoms with Crippen molar-refractivity contribution in [1.29, 1.82) is 0 Å². The molecule has 2 aromatic rings. The molecule has 2 aliphatic heterocycles. The van der Waals surface area contributed by atoms with Gasteiger partial charge in [-0.15, -0.1) is 0 Å². The van der Waals surface area contributed by atoms with E-state index in [0.29, 0.717) is 0 Å². The van der Waals surface area contributed by atoms with Gasteiger partial charge in [-0.1, -0.05) is 6.08 Å². The van der Waals surface area contributed by atoms with Crippen LogP contribution >= 0.6 is 0 Å². The molecule has 4 rings (SSSR count). The summed E-state index contributed by atoms with van der Waals surface area (Å²) >= 11 is 0. The van der Waals surface area contributed by atoms with Crippen molar-refractivity contribution in [2.24, 2.45) is 9.98 Å². The number of hydrogen-bond donors (Lipinski definition) is 2. The van der Waals surface area contributed by atoms with E-state index in [1.165, 1.54) is 22.3 Å². The van der Waals surface area contributed by atoms with Crippen LogP contribution < -0.4 is 10.7 Å². The maximum absolute atomic E-state index is 4.65. The van der Waals surface area contributed by atoms with Crippen molar-refractivity contribution in [2.75, 3.05) is 0 Å². The molecule has 0 saturated carbocycles. The lowest BCUT2D eigenvalue weighted by Gasteiger charge is -1.92. The van der Waals surface area contributed by atoms with Crippen LogP contribution in [0.25, 0.3) is 18.2 Å². The monoisotopic (exact) mass is 382 g/mol. The highest BCUT2D eigenvalue weighted by molar-refractivity contribution is 6.22. The van der Waals surface area contributed by atoms with Crippen LogP contribution in [0.1, 0.15) is 43.3 Å². The van der Waals surface area contributed by atoms with Crippen molar-refractivity contribution in [1.82, 2.24) is 9.97 Å². The smallest absolute Gasteiger partial charge is 0.0687 e. The first-order valence-corrected chi connectivity index (χ1v) is 9.88. The molecule has 2 aliphatic rings. The predicted octanol–water partition coefficient (Wildman–Crippen LogP) is 4.25. The third-order valence-corrected chi connectivity index (χ3v) is 5.14. The van der Waals surface area contributed by atoms with Crippen molar-refractivity contribution < 1.29 is 0 Å². The number of nitrogens with zero attached hydrogens (tertiary/aromatic N) is 2. The average Bonchev–Trinajstić information content (AvgIpc) is 3.41. The Kier molecular flexibility index (Phi) is 4.93. The van der Waals surface area contributed by atoms with Crippen molar-refractivity contribution in [3.8, 4) is 0 Å². The maximum atomic E-state index is 4.65. The van der Waals surface area contributed by atoms with E-state index in [2.05, 4.69) is 90.2 Å². The first-order chi connectivity index (χ1) is 13.9. The summed E-state index contributed by atoms with van der Waals surface area (Å²) in [6, 6.07) is 4.33. The average molecular weight is 383 g/mol. The van der Waals surface area contributed by atoms with Crippen LogP contribution in [0.3, 0.4) is 0 Å². The van der Waals surface area contributed by atoms with E-state index in [9.17, 15) is 0 Å². The minimum absolute atomic E-state index is 0.980. The van der Waals surface area contributed by atoms with Crippen molar-refractivity contribution in [3.63, 3.8) is 0 Å². The van der Waals surface area contributed by atoms with E-state index in [-0.39, 0.29) is 0 Å². The van der Waals surface area contributed by atoms with E-state index in [1.54, 1.807) is 0 Å². The third-order valence-electron chi connectivity index (χ3n) is 5.14. The Morgan fingerprint density at radius 3 is 2.38 bits per heavy atom. The highest BCUT2D eigenvalue weighted by atomic mass is 14.8. The zero-order valence-electron chi connectivity index (χ0n) is 17.6. The maximum Gasteiger partial charge on any atom is 0.0687 e. The molecule has 0 fully saturated rings. The summed E-state index contributed by atoms with van der Waals surface area (Å²) in [6.45, 7) is 10.4. The van der Waals surface area contributed by atoms with Gasteiger partial charge in [-0.2, -0.15) is 0 Å². The van der Waals surface area contributed by atoms with E-state index >= 15 is 0 Å². The number of aromatic amines is 2. The minimum Gasteiger partial charge on any atom is -0.355 e. The number of allylic oxidation sites excluding steroid dienone is 5. The lowest BCUT2D eigenvalue weighted by atomic mass is 10.2. The van der Waals surface area contributed by atoms with Gasteiger partial charge in [-0.25, -0.2) is 4.99 Å². The van der Waals surface area contributed by atoms with Gasteiger partial charge in [0.2, 0.25) is 0 Å². The lowest BCUT2D eigenvalue weighted by molar-refractivity contribution is 1.24. The zero-order chi connectivity index (χ0) is 20.5. The molecule has 2 aromatic heterocycles. The minimum atomic E-state index is 0.980. The molecule has 0 aliphatic carbocycles. The Hall–Kier alpha value is -3.40. The topological polar surface area (TPSA) is 56.3 Å². The molecule has 4 heterocycles. The standard InChI is InChI=1S/C25H26N4/c1-6-19-8-16(3)24(27-19)12-21-10-18(5)25(29-21)13-22-9-17(4)23(28-22)11-20-7-15(2)14-26-20/h6-14,28-29H,1-5H3. The third kappa shape index (κ3) is 4.06. The molecule has 0 bridgehead atoms. The van der Waals surface area contributed by atoms with E-state index in [1.807, 2.05) is 19.2 Å². The fourth-order valence-corrected chi connectivity index (χ4v) is 3.52. The van der Waals surface area contributed by atoms with Gasteiger partial charge in [0.05, 0.1) is 17.1 Å². The highest BCUT2D eigenvalue weighted by Crippen LogP contribution is 2.19. The predicted molar refractivity (Wildman–Crippen MR) is 124 cm³/mol. The summed E-state index contributed by atoms with van der Waals surface area (Å²) in [5.41, 5.74) is 9.93. The Labute approximate surface area is 171 Å². The first kappa shape index (κ1) is 18.9. The van der Waals surface area contributed by atoms with Crippen molar-refractivity contribution in [3.05, 3.63) is 86.1 Å². The summed E-state index contributed by atoms with van der Waals surface area (Å²) in [5, 5.41) is 2.15. The fraction of sp³-hybridized carbons (Fsp3) is 0.200. The molecule has 0 atom stereocenters. The summed E-state index contributed by atoms with van der Waals surface area (Å²) in [6.07, 6.45) is 14.5. The van der Waals surface area contributed by atoms with Crippen LogP contribution in [-0.2, 0) is 0 Å². The number of aromatic nitrogens is 2. The number of rotatable bonds is 3. The molecule has 0 saturated heterocycles. The van der Waals surface area contributed by atoms with Crippen molar-refractivity contribution in [2.45, 2.75) is 34.6 Å². The molecule has 29 heavy (non-hydrogen) atoms. The largest absolute Gasteiger partial charge is 0.355 e. The molecule has 4 heteroatoms.